The molecule has 0 spiro atoms. The van der Waals surface area contributed by atoms with Crippen LogP contribution < -0.4 is 9.47 Å². The van der Waals surface area contributed by atoms with Crippen molar-refractivity contribution in [3.63, 3.8) is 0 Å². The standard InChI is InChI=1S/C23H34O3/c1-17(8-7-9-18(2)11-13-22-23(3,4)26-22)10-12-19-14-20(24-5)16-21(15-19)25-6/h9-10,14-16,22H,7-8,11-13H2,1-6H3/t22-/m1/s1. The number of ether oxygens (including phenoxy) is 3. The molecule has 0 amide bonds. The van der Waals surface area contributed by atoms with Gasteiger partial charge in [-0.25, -0.2) is 0 Å². The van der Waals surface area contributed by atoms with E-state index in [9.17, 15) is 0 Å². The Bertz CT molecular complexity index is 633. The molecule has 2 rings (SSSR count). The lowest BCUT2D eigenvalue weighted by Gasteiger charge is -2.07. The zero-order chi connectivity index (χ0) is 19.2. The van der Waals surface area contributed by atoms with Gasteiger partial charge in [0, 0.05) is 6.07 Å². The van der Waals surface area contributed by atoms with E-state index in [1.807, 2.05) is 6.07 Å². The highest BCUT2D eigenvalue weighted by Gasteiger charge is 2.46. The lowest BCUT2D eigenvalue weighted by atomic mass is 10.0. The first-order valence-corrected chi connectivity index (χ1v) is 9.55. The third kappa shape index (κ3) is 6.53. The number of hydrogen-bond donors (Lipinski definition) is 0. The Morgan fingerprint density at radius 2 is 1.58 bits per heavy atom. The Balaban J connectivity index is 1.76. The third-order valence-corrected chi connectivity index (χ3v) is 5.09. The van der Waals surface area contributed by atoms with Gasteiger partial charge in [0.15, 0.2) is 0 Å². The van der Waals surface area contributed by atoms with Crippen LogP contribution in [0.2, 0.25) is 0 Å². The zero-order valence-electron chi connectivity index (χ0n) is 17.2. The number of rotatable bonds is 10. The van der Waals surface area contributed by atoms with Crippen LogP contribution in [0.3, 0.4) is 0 Å². The molecule has 1 heterocycles. The maximum atomic E-state index is 5.65. The molecule has 1 atom stereocenters. The van der Waals surface area contributed by atoms with Gasteiger partial charge in [0.05, 0.1) is 25.9 Å². The Morgan fingerprint density at radius 3 is 2.12 bits per heavy atom. The molecule has 0 N–H and O–H groups in total. The second kappa shape index (κ2) is 9.27. The van der Waals surface area contributed by atoms with Crippen LogP contribution in [-0.2, 0) is 11.2 Å². The zero-order valence-corrected chi connectivity index (χ0v) is 17.2. The Hall–Kier alpha value is -1.74. The smallest absolute Gasteiger partial charge is 0.122 e. The van der Waals surface area contributed by atoms with E-state index in [4.69, 9.17) is 14.2 Å². The summed E-state index contributed by atoms with van der Waals surface area (Å²) in [5.74, 6) is 1.68. The first kappa shape index (κ1) is 20.6. The van der Waals surface area contributed by atoms with Crippen molar-refractivity contribution in [2.24, 2.45) is 0 Å². The Morgan fingerprint density at radius 1 is 1.00 bits per heavy atom. The van der Waals surface area contributed by atoms with E-state index in [-0.39, 0.29) is 5.60 Å². The molecule has 1 fully saturated rings. The van der Waals surface area contributed by atoms with Gasteiger partial charge in [0.2, 0.25) is 0 Å². The van der Waals surface area contributed by atoms with Crippen molar-refractivity contribution in [1.29, 1.82) is 0 Å². The summed E-state index contributed by atoms with van der Waals surface area (Å²) in [5.41, 5.74) is 4.21. The summed E-state index contributed by atoms with van der Waals surface area (Å²) in [5, 5.41) is 0. The van der Waals surface area contributed by atoms with E-state index in [1.54, 1.807) is 14.2 Å². The van der Waals surface area contributed by atoms with E-state index in [0.717, 1.165) is 43.6 Å². The molecule has 3 nitrogen and oxygen atoms in total. The van der Waals surface area contributed by atoms with Crippen molar-refractivity contribution < 1.29 is 14.2 Å². The summed E-state index contributed by atoms with van der Waals surface area (Å²) < 4.78 is 16.3. The van der Waals surface area contributed by atoms with Gasteiger partial charge in [0.1, 0.15) is 11.5 Å². The first-order valence-electron chi connectivity index (χ1n) is 9.55. The van der Waals surface area contributed by atoms with Gasteiger partial charge in [-0.1, -0.05) is 23.3 Å². The molecule has 0 saturated carbocycles. The largest absolute Gasteiger partial charge is 0.497 e. The van der Waals surface area contributed by atoms with Gasteiger partial charge in [-0.05, 0) is 77.5 Å². The molecule has 0 aromatic heterocycles. The van der Waals surface area contributed by atoms with Crippen molar-refractivity contribution in [2.75, 3.05) is 14.2 Å². The van der Waals surface area contributed by atoms with Crippen LogP contribution in [0.25, 0.3) is 0 Å². The first-order chi connectivity index (χ1) is 12.3. The molecular formula is C23H34O3. The SMILES string of the molecule is COc1cc(CC=C(C)CCC=C(C)CC[C@H]2OC2(C)C)cc(OC)c1. The van der Waals surface area contributed by atoms with Crippen LogP contribution in [0.1, 0.15) is 58.9 Å². The average molecular weight is 359 g/mol. The average Bonchev–Trinajstić information content (AvgIpc) is 3.24. The molecule has 0 unspecified atom stereocenters. The Labute approximate surface area is 159 Å². The molecule has 0 bridgehead atoms. The molecule has 26 heavy (non-hydrogen) atoms. The summed E-state index contributed by atoms with van der Waals surface area (Å²) in [6.45, 7) is 8.78. The Kier molecular flexibility index (Phi) is 7.33. The molecular weight excluding hydrogens is 324 g/mol. The fraction of sp³-hybridized carbons (Fsp3) is 0.565. The minimum Gasteiger partial charge on any atom is -0.497 e. The van der Waals surface area contributed by atoms with Crippen molar-refractivity contribution in [3.05, 3.63) is 47.1 Å². The van der Waals surface area contributed by atoms with Crippen molar-refractivity contribution in [1.82, 2.24) is 0 Å². The number of epoxide rings is 1. The van der Waals surface area contributed by atoms with Crippen LogP contribution >= 0.6 is 0 Å². The van der Waals surface area contributed by atoms with E-state index >= 15 is 0 Å². The van der Waals surface area contributed by atoms with Gasteiger partial charge < -0.3 is 14.2 Å². The normalized spacial score (nSPS) is 19.4. The van der Waals surface area contributed by atoms with E-state index in [2.05, 4.69) is 52.0 Å². The van der Waals surface area contributed by atoms with Crippen molar-refractivity contribution in [2.45, 2.75) is 71.5 Å². The highest BCUT2D eigenvalue weighted by atomic mass is 16.6. The van der Waals surface area contributed by atoms with E-state index in [1.165, 1.54) is 16.7 Å². The van der Waals surface area contributed by atoms with Crippen LogP contribution in [0.15, 0.2) is 41.5 Å². The predicted octanol–water partition coefficient (Wildman–Crippen LogP) is 5.88. The van der Waals surface area contributed by atoms with E-state index in [0.29, 0.717) is 6.10 Å². The molecule has 144 valence electrons. The van der Waals surface area contributed by atoms with Gasteiger partial charge in [0.25, 0.3) is 0 Å². The number of allylic oxidation sites excluding steroid dienone is 4. The molecule has 1 saturated heterocycles. The third-order valence-electron chi connectivity index (χ3n) is 5.09. The quantitative estimate of drug-likeness (QED) is 0.387. The predicted molar refractivity (Wildman–Crippen MR) is 108 cm³/mol. The summed E-state index contributed by atoms with van der Waals surface area (Å²) in [7, 11) is 3.37. The fourth-order valence-electron chi connectivity index (χ4n) is 3.12. The number of benzene rings is 1. The van der Waals surface area contributed by atoms with Crippen LogP contribution in [-0.4, -0.2) is 25.9 Å². The highest BCUT2D eigenvalue weighted by Crippen LogP contribution is 2.38. The summed E-state index contributed by atoms with van der Waals surface area (Å²) in [4.78, 5) is 0. The summed E-state index contributed by atoms with van der Waals surface area (Å²) in [6, 6.07) is 6.04. The molecule has 0 radical (unpaired) electrons. The second-order valence-corrected chi connectivity index (χ2v) is 7.81. The van der Waals surface area contributed by atoms with Gasteiger partial charge >= 0.3 is 0 Å². The molecule has 1 aromatic carbocycles. The van der Waals surface area contributed by atoms with Gasteiger partial charge in [-0.3, -0.25) is 0 Å². The van der Waals surface area contributed by atoms with Crippen molar-refractivity contribution in [3.8, 4) is 11.5 Å². The maximum absolute atomic E-state index is 5.65. The highest BCUT2D eigenvalue weighted by molar-refractivity contribution is 5.39. The maximum Gasteiger partial charge on any atom is 0.122 e. The van der Waals surface area contributed by atoms with Gasteiger partial charge in [-0.2, -0.15) is 0 Å². The van der Waals surface area contributed by atoms with Crippen LogP contribution in [0.4, 0.5) is 0 Å². The van der Waals surface area contributed by atoms with Crippen molar-refractivity contribution >= 4 is 0 Å². The van der Waals surface area contributed by atoms with E-state index < -0.39 is 0 Å². The molecule has 0 aliphatic carbocycles. The second-order valence-electron chi connectivity index (χ2n) is 7.81. The minimum absolute atomic E-state index is 0.113. The molecule has 1 aromatic rings. The molecule has 1 aliphatic heterocycles. The topological polar surface area (TPSA) is 31.0 Å². The van der Waals surface area contributed by atoms with Crippen LogP contribution in [0.5, 0.6) is 11.5 Å². The number of hydrogen-bond acceptors (Lipinski definition) is 3. The van der Waals surface area contributed by atoms with Crippen LogP contribution in [0, 0.1) is 0 Å². The molecule has 3 heteroatoms. The lowest BCUT2D eigenvalue weighted by Crippen LogP contribution is -2.02. The summed E-state index contributed by atoms with van der Waals surface area (Å²) >= 11 is 0. The van der Waals surface area contributed by atoms with Gasteiger partial charge in [-0.15, -0.1) is 0 Å². The summed E-state index contributed by atoms with van der Waals surface area (Å²) in [6.07, 6.45) is 10.5. The lowest BCUT2D eigenvalue weighted by molar-refractivity contribution is 0.320. The monoisotopic (exact) mass is 358 g/mol. The minimum atomic E-state index is 0.113. The molecule has 1 aliphatic rings. The fourth-order valence-corrected chi connectivity index (χ4v) is 3.12. The number of methoxy groups -OCH3 is 2.